The zero-order valence-electron chi connectivity index (χ0n) is 10.5. The number of hydrogen-bond acceptors (Lipinski definition) is 4. The molecular formula is C13H18BrNO3. The lowest BCUT2D eigenvalue weighted by molar-refractivity contribution is 0.144. The van der Waals surface area contributed by atoms with Gasteiger partial charge in [-0.2, -0.15) is 0 Å². The fraction of sp³-hybridized carbons (Fsp3) is 0.538. The Morgan fingerprint density at radius 1 is 1.33 bits per heavy atom. The summed E-state index contributed by atoms with van der Waals surface area (Å²) in [6.07, 6.45) is 1.02. The third-order valence-electron chi connectivity index (χ3n) is 2.70. The van der Waals surface area contributed by atoms with Crippen molar-refractivity contribution < 1.29 is 14.2 Å². The first kappa shape index (κ1) is 13.6. The van der Waals surface area contributed by atoms with Crippen molar-refractivity contribution in [1.82, 2.24) is 5.32 Å². The number of fused-ring (bicyclic) bond motifs is 1. The largest absolute Gasteiger partial charge is 0.454 e. The zero-order chi connectivity index (χ0) is 12.8. The molecule has 0 aromatic heterocycles. The number of halogens is 1. The van der Waals surface area contributed by atoms with E-state index in [1.54, 1.807) is 0 Å². The van der Waals surface area contributed by atoms with E-state index in [2.05, 4.69) is 21.2 Å². The van der Waals surface area contributed by atoms with Crippen molar-refractivity contribution in [2.75, 3.05) is 26.6 Å². The highest BCUT2D eigenvalue weighted by Crippen LogP contribution is 2.36. The molecule has 0 bridgehead atoms. The van der Waals surface area contributed by atoms with E-state index in [1.165, 1.54) is 5.56 Å². The van der Waals surface area contributed by atoms with Crippen LogP contribution in [0.3, 0.4) is 0 Å². The van der Waals surface area contributed by atoms with Gasteiger partial charge in [0.25, 0.3) is 0 Å². The monoisotopic (exact) mass is 315 g/mol. The molecule has 0 fully saturated rings. The average molecular weight is 316 g/mol. The minimum absolute atomic E-state index is 0.313. The topological polar surface area (TPSA) is 39.7 Å². The molecule has 2 rings (SSSR count). The Labute approximate surface area is 116 Å². The Kier molecular flexibility index (Phi) is 5.28. The third kappa shape index (κ3) is 3.60. The van der Waals surface area contributed by atoms with Gasteiger partial charge in [-0.1, -0.05) is 15.9 Å². The molecule has 0 radical (unpaired) electrons. The predicted octanol–water partition coefficient (Wildman–Crippen LogP) is 2.69. The minimum Gasteiger partial charge on any atom is -0.454 e. The van der Waals surface area contributed by atoms with Crippen LogP contribution in [0.15, 0.2) is 16.6 Å². The van der Waals surface area contributed by atoms with Crippen molar-refractivity contribution in [2.45, 2.75) is 19.9 Å². The number of benzene rings is 1. The van der Waals surface area contributed by atoms with E-state index in [0.29, 0.717) is 6.79 Å². The van der Waals surface area contributed by atoms with Gasteiger partial charge in [0.1, 0.15) is 0 Å². The number of rotatable bonds is 7. The van der Waals surface area contributed by atoms with Crippen LogP contribution in [0.25, 0.3) is 0 Å². The van der Waals surface area contributed by atoms with Gasteiger partial charge in [0.05, 0.1) is 0 Å². The van der Waals surface area contributed by atoms with Crippen molar-refractivity contribution in [3.63, 3.8) is 0 Å². The lowest BCUT2D eigenvalue weighted by atomic mass is 10.2. The molecular weight excluding hydrogens is 298 g/mol. The normalized spacial score (nSPS) is 13.0. The van der Waals surface area contributed by atoms with Gasteiger partial charge >= 0.3 is 0 Å². The van der Waals surface area contributed by atoms with Crippen molar-refractivity contribution in [3.05, 3.63) is 22.2 Å². The maximum atomic E-state index is 5.36. The number of hydrogen-bond donors (Lipinski definition) is 1. The van der Waals surface area contributed by atoms with Gasteiger partial charge in [0, 0.05) is 24.2 Å². The molecule has 1 aliphatic rings. The molecule has 1 heterocycles. The Balaban J connectivity index is 1.79. The highest BCUT2D eigenvalue weighted by atomic mass is 79.9. The molecule has 0 aliphatic carbocycles. The second-order valence-electron chi connectivity index (χ2n) is 4.02. The van der Waals surface area contributed by atoms with Gasteiger partial charge in [0.15, 0.2) is 11.5 Å². The van der Waals surface area contributed by atoms with E-state index in [0.717, 1.165) is 48.7 Å². The van der Waals surface area contributed by atoms with Crippen LogP contribution in [-0.4, -0.2) is 26.6 Å². The Bertz CT molecular complexity index is 398. The molecule has 1 aromatic carbocycles. The standard InChI is InChI=1S/C13H18BrNO3/c1-2-16-5-3-4-15-8-10-6-12-13(7-11(10)14)18-9-17-12/h6-7,15H,2-5,8-9H2,1H3. The second kappa shape index (κ2) is 6.97. The van der Waals surface area contributed by atoms with E-state index in [4.69, 9.17) is 14.2 Å². The van der Waals surface area contributed by atoms with E-state index in [1.807, 2.05) is 19.1 Å². The summed E-state index contributed by atoms with van der Waals surface area (Å²) in [6.45, 7) is 5.67. The van der Waals surface area contributed by atoms with Crippen LogP contribution < -0.4 is 14.8 Å². The molecule has 4 nitrogen and oxygen atoms in total. The van der Waals surface area contributed by atoms with Crippen LogP contribution in [0.1, 0.15) is 18.9 Å². The van der Waals surface area contributed by atoms with Gasteiger partial charge in [-0.3, -0.25) is 0 Å². The quantitative estimate of drug-likeness (QED) is 0.785. The van der Waals surface area contributed by atoms with Gasteiger partial charge in [0.2, 0.25) is 6.79 Å². The van der Waals surface area contributed by atoms with Gasteiger partial charge in [-0.15, -0.1) is 0 Å². The molecule has 0 saturated heterocycles. The van der Waals surface area contributed by atoms with Crippen LogP contribution in [0.5, 0.6) is 11.5 Å². The fourth-order valence-corrected chi connectivity index (χ4v) is 2.22. The zero-order valence-corrected chi connectivity index (χ0v) is 12.1. The summed E-state index contributed by atoms with van der Waals surface area (Å²) in [6, 6.07) is 3.97. The molecule has 5 heteroatoms. The molecule has 100 valence electrons. The average Bonchev–Trinajstić information content (AvgIpc) is 2.80. The fourth-order valence-electron chi connectivity index (χ4n) is 1.76. The molecule has 0 atom stereocenters. The molecule has 1 N–H and O–H groups in total. The van der Waals surface area contributed by atoms with Crippen LogP contribution in [0.4, 0.5) is 0 Å². The summed E-state index contributed by atoms with van der Waals surface area (Å²) >= 11 is 3.54. The summed E-state index contributed by atoms with van der Waals surface area (Å²) in [4.78, 5) is 0. The summed E-state index contributed by atoms with van der Waals surface area (Å²) in [5, 5.41) is 3.39. The van der Waals surface area contributed by atoms with Crippen LogP contribution in [0.2, 0.25) is 0 Å². The molecule has 1 aromatic rings. The maximum Gasteiger partial charge on any atom is 0.231 e. The molecule has 0 spiro atoms. The maximum absolute atomic E-state index is 5.36. The van der Waals surface area contributed by atoms with Crippen molar-refractivity contribution >= 4 is 15.9 Å². The highest BCUT2D eigenvalue weighted by molar-refractivity contribution is 9.10. The second-order valence-corrected chi connectivity index (χ2v) is 4.88. The first-order valence-corrected chi connectivity index (χ1v) is 6.97. The lowest BCUT2D eigenvalue weighted by Gasteiger charge is -2.08. The van der Waals surface area contributed by atoms with Crippen molar-refractivity contribution in [2.24, 2.45) is 0 Å². The van der Waals surface area contributed by atoms with Crippen LogP contribution in [0, 0.1) is 0 Å². The van der Waals surface area contributed by atoms with Gasteiger partial charge in [-0.25, -0.2) is 0 Å². The predicted molar refractivity (Wildman–Crippen MR) is 73.1 cm³/mol. The highest BCUT2D eigenvalue weighted by Gasteiger charge is 2.15. The lowest BCUT2D eigenvalue weighted by Crippen LogP contribution is -2.16. The van der Waals surface area contributed by atoms with E-state index in [-0.39, 0.29) is 0 Å². The molecule has 18 heavy (non-hydrogen) atoms. The molecule has 0 saturated carbocycles. The smallest absolute Gasteiger partial charge is 0.231 e. The molecule has 0 amide bonds. The van der Waals surface area contributed by atoms with Crippen molar-refractivity contribution in [3.8, 4) is 11.5 Å². The van der Waals surface area contributed by atoms with Crippen molar-refractivity contribution in [1.29, 1.82) is 0 Å². The first-order chi connectivity index (χ1) is 8.81. The van der Waals surface area contributed by atoms with E-state index in [9.17, 15) is 0 Å². The minimum atomic E-state index is 0.313. The summed E-state index contributed by atoms with van der Waals surface area (Å²) in [7, 11) is 0. The Morgan fingerprint density at radius 3 is 2.89 bits per heavy atom. The van der Waals surface area contributed by atoms with E-state index < -0.39 is 0 Å². The Morgan fingerprint density at radius 2 is 2.11 bits per heavy atom. The summed E-state index contributed by atoms with van der Waals surface area (Å²) in [5.41, 5.74) is 1.18. The molecule has 0 unspecified atom stereocenters. The van der Waals surface area contributed by atoms with Crippen LogP contribution >= 0.6 is 15.9 Å². The van der Waals surface area contributed by atoms with Gasteiger partial charge in [-0.05, 0) is 37.6 Å². The number of ether oxygens (including phenoxy) is 3. The number of nitrogens with one attached hydrogen (secondary N) is 1. The summed E-state index contributed by atoms with van der Waals surface area (Å²) in [5.74, 6) is 1.63. The SMILES string of the molecule is CCOCCCNCc1cc2c(cc1Br)OCO2. The first-order valence-electron chi connectivity index (χ1n) is 6.17. The molecule has 1 aliphatic heterocycles. The Hall–Kier alpha value is -0.780. The van der Waals surface area contributed by atoms with E-state index >= 15 is 0 Å². The van der Waals surface area contributed by atoms with Crippen LogP contribution in [-0.2, 0) is 11.3 Å². The van der Waals surface area contributed by atoms with Gasteiger partial charge < -0.3 is 19.5 Å². The summed E-state index contributed by atoms with van der Waals surface area (Å²) < 4.78 is 17.0. The third-order valence-corrected chi connectivity index (χ3v) is 3.44.